The number of nitrogens with one attached hydrogen (secondary N) is 1. The zero-order valence-corrected chi connectivity index (χ0v) is 15.1. The molecule has 1 heterocycles. The molecule has 1 aromatic rings. The molecule has 1 aliphatic heterocycles. The van der Waals surface area contributed by atoms with Crippen LogP contribution in [0, 0.1) is 5.92 Å². The van der Waals surface area contributed by atoms with E-state index < -0.39 is 0 Å². The molecule has 2 aliphatic rings. The number of carbonyl (C=O) groups excluding carboxylic acids is 2. The Morgan fingerprint density at radius 1 is 1.20 bits per heavy atom. The van der Waals surface area contributed by atoms with Gasteiger partial charge in [-0.15, -0.1) is 0 Å². The number of amides is 2. The zero-order chi connectivity index (χ0) is 17.9. The lowest BCUT2D eigenvalue weighted by Crippen LogP contribution is -2.30. The molecular formula is C20H29N3O2. The lowest BCUT2D eigenvalue weighted by atomic mass is 9.95. The van der Waals surface area contributed by atoms with Gasteiger partial charge in [-0.2, -0.15) is 0 Å². The van der Waals surface area contributed by atoms with Gasteiger partial charge in [0.15, 0.2) is 0 Å². The molecule has 0 spiro atoms. The molecule has 5 nitrogen and oxygen atoms in total. The average molecular weight is 343 g/mol. The van der Waals surface area contributed by atoms with Crippen molar-refractivity contribution in [3.63, 3.8) is 0 Å². The summed E-state index contributed by atoms with van der Waals surface area (Å²) in [5.41, 5.74) is 7.77. The fraction of sp³-hybridized carbons (Fsp3) is 0.600. The molecule has 3 rings (SSSR count). The third-order valence-electron chi connectivity index (χ3n) is 5.65. The fourth-order valence-electron chi connectivity index (χ4n) is 3.68. The number of hydrogen-bond acceptors (Lipinski definition) is 3. The maximum absolute atomic E-state index is 12.0. The molecule has 2 fully saturated rings. The minimum atomic E-state index is -0.357. The molecule has 1 atom stereocenters. The van der Waals surface area contributed by atoms with Crippen molar-refractivity contribution in [2.45, 2.75) is 50.9 Å². The van der Waals surface area contributed by atoms with Crippen LogP contribution in [0.4, 0.5) is 5.69 Å². The SMILES string of the molecule is CC(CCC(=O)Nc1ccc(C2(CN3CCCC3)CC2)cc1)C(N)=O. The molecule has 1 saturated heterocycles. The van der Waals surface area contributed by atoms with Crippen LogP contribution in [0.25, 0.3) is 0 Å². The van der Waals surface area contributed by atoms with E-state index in [0.717, 1.165) is 5.69 Å². The van der Waals surface area contributed by atoms with Crippen LogP contribution < -0.4 is 11.1 Å². The summed E-state index contributed by atoms with van der Waals surface area (Å²) >= 11 is 0. The Morgan fingerprint density at radius 3 is 2.40 bits per heavy atom. The maximum atomic E-state index is 12.0. The number of nitrogens with two attached hydrogens (primary N) is 1. The second kappa shape index (κ2) is 7.56. The standard InChI is InChI=1S/C20H29N3O2/c1-15(19(21)25)4-9-18(24)22-17-7-5-16(6-8-17)20(10-11-20)14-23-12-2-3-13-23/h5-8,15H,2-4,9-14H2,1H3,(H2,21,25)(H,22,24). The number of likely N-dealkylation sites (tertiary alicyclic amines) is 1. The molecule has 1 aromatic carbocycles. The van der Waals surface area contributed by atoms with Crippen molar-refractivity contribution in [2.75, 3.05) is 25.0 Å². The van der Waals surface area contributed by atoms with Gasteiger partial charge in [0.1, 0.15) is 0 Å². The van der Waals surface area contributed by atoms with Gasteiger partial charge in [-0.25, -0.2) is 0 Å². The quantitative estimate of drug-likeness (QED) is 0.762. The van der Waals surface area contributed by atoms with E-state index in [1.54, 1.807) is 6.92 Å². The van der Waals surface area contributed by atoms with Gasteiger partial charge >= 0.3 is 0 Å². The Bertz CT molecular complexity index is 616. The van der Waals surface area contributed by atoms with E-state index in [0.29, 0.717) is 18.3 Å². The number of primary amides is 1. The molecule has 136 valence electrons. The van der Waals surface area contributed by atoms with E-state index in [9.17, 15) is 9.59 Å². The summed E-state index contributed by atoms with van der Waals surface area (Å²) in [4.78, 5) is 25.6. The average Bonchev–Trinajstić information content (AvgIpc) is 3.19. The van der Waals surface area contributed by atoms with Crippen molar-refractivity contribution in [2.24, 2.45) is 11.7 Å². The van der Waals surface area contributed by atoms with Gasteiger partial charge in [-0.3, -0.25) is 9.59 Å². The Morgan fingerprint density at radius 2 is 1.84 bits per heavy atom. The van der Waals surface area contributed by atoms with Crippen LogP contribution >= 0.6 is 0 Å². The van der Waals surface area contributed by atoms with Crippen molar-refractivity contribution < 1.29 is 9.59 Å². The minimum Gasteiger partial charge on any atom is -0.369 e. The summed E-state index contributed by atoms with van der Waals surface area (Å²) in [5, 5.41) is 2.91. The van der Waals surface area contributed by atoms with Gasteiger partial charge in [0, 0.05) is 30.0 Å². The number of carbonyl (C=O) groups is 2. The normalized spacial score (nSPS) is 20.2. The molecule has 5 heteroatoms. The maximum Gasteiger partial charge on any atom is 0.224 e. The van der Waals surface area contributed by atoms with Gasteiger partial charge in [-0.1, -0.05) is 19.1 Å². The number of nitrogens with zero attached hydrogens (tertiary/aromatic N) is 1. The van der Waals surface area contributed by atoms with Crippen LogP contribution in [0.3, 0.4) is 0 Å². The van der Waals surface area contributed by atoms with Crippen LogP contribution in [0.2, 0.25) is 0 Å². The highest BCUT2D eigenvalue weighted by Gasteiger charge is 2.45. The summed E-state index contributed by atoms with van der Waals surface area (Å²) in [6.45, 7) is 5.39. The molecule has 1 unspecified atom stereocenters. The largest absolute Gasteiger partial charge is 0.369 e. The monoisotopic (exact) mass is 343 g/mol. The van der Waals surface area contributed by atoms with Gasteiger partial charge < -0.3 is 16.0 Å². The van der Waals surface area contributed by atoms with E-state index >= 15 is 0 Å². The number of benzene rings is 1. The predicted molar refractivity (Wildman–Crippen MR) is 99.3 cm³/mol. The van der Waals surface area contributed by atoms with E-state index in [1.807, 2.05) is 12.1 Å². The van der Waals surface area contributed by atoms with Crippen LogP contribution in [-0.2, 0) is 15.0 Å². The van der Waals surface area contributed by atoms with Crippen molar-refractivity contribution >= 4 is 17.5 Å². The number of rotatable bonds is 8. The third kappa shape index (κ3) is 4.60. The summed E-state index contributed by atoms with van der Waals surface area (Å²) in [6.07, 6.45) is 5.98. The molecule has 0 bridgehead atoms. The minimum absolute atomic E-state index is 0.0703. The van der Waals surface area contributed by atoms with Crippen LogP contribution in [0.1, 0.15) is 51.0 Å². The van der Waals surface area contributed by atoms with Crippen molar-refractivity contribution in [1.82, 2.24) is 4.90 Å². The number of anilines is 1. The first-order valence-electron chi connectivity index (χ1n) is 9.41. The van der Waals surface area contributed by atoms with Gasteiger partial charge in [-0.05, 0) is 62.9 Å². The van der Waals surface area contributed by atoms with Gasteiger partial charge in [0.2, 0.25) is 11.8 Å². The van der Waals surface area contributed by atoms with Gasteiger partial charge in [0.25, 0.3) is 0 Å². The Hall–Kier alpha value is -1.88. The lowest BCUT2D eigenvalue weighted by molar-refractivity contribution is -0.121. The van der Waals surface area contributed by atoms with Gasteiger partial charge in [0.05, 0.1) is 0 Å². The molecule has 0 aromatic heterocycles. The second-order valence-corrected chi connectivity index (χ2v) is 7.73. The van der Waals surface area contributed by atoms with E-state index in [4.69, 9.17) is 5.73 Å². The Kier molecular flexibility index (Phi) is 5.42. The van der Waals surface area contributed by atoms with Crippen LogP contribution in [0.15, 0.2) is 24.3 Å². The molecule has 1 aliphatic carbocycles. The first-order chi connectivity index (χ1) is 12.0. The first kappa shape index (κ1) is 17.9. The Balaban J connectivity index is 1.52. The highest BCUT2D eigenvalue weighted by atomic mass is 16.2. The Labute approximate surface area is 150 Å². The summed E-state index contributed by atoms with van der Waals surface area (Å²) < 4.78 is 0. The van der Waals surface area contributed by atoms with Crippen molar-refractivity contribution in [3.05, 3.63) is 29.8 Å². The van der Waals surface area contributed by atoms with Crippen molar-refractivity contribution in [3.8, 4) is 0 Å². The lowest BCUT2D eigenvalue weighted by Gasteiger charge is -2.23. The molecule has 0 radical (unpaired) electrons. The highest BCUT2D eigenvalue weighted by molar-refractivity contribution is 5.91. The summed E-state index contributed by atoms with van der Waals surface area (Å²) in [5.74, 6) is -0.697. The molecular weight excluding hydrogens is 314 g/mol. The zero-order valence-electron chi connectivity index (χ0n) is 15.1. The molecule has 2 amide bonds. The van der Waals surface area contributed by atoms with Crippen LogP contribution in [0.5, 0.6) is 0 Å². The predicted octanol–water partition coefficient (Wildman–Crippen LogP) is 2.65. The smallest absolute Gasteiger partial charge is 0.224 e. The van der Waals surface area contributed by atoms with Crippen LogP contribution in [-0.4, -0.2) is 36.3 Å². The molecule has 3 N–H and O–H groups in total. The summed E-state index contributed by atoms with van der Waals surface area (Å²) in [6, 6.07) is 8.30. The fourth-order valence-corrected chi connectivity index (χ4v) is 3.68. The number of hydrogen-bond donors (Lipinski definition) is 2. The molecule has 1 saturated carbocycles. The summed E-state index contributed by atoms with van der Waals surface area (Å²) in [7, 11) is 0. The van der Waals surface area contributed by atoms with E-state index in [-0.39, 0.29) is 17.7 Å². The van der Waals surface area contributed by atoms with Crippen molar-refractivity contribution in [1.29, 1.82) is 0 Å². The molecule has 25 heavy (non-hydrogen) atoms. The third-order valence-corrected chi connectivity index (χ3v) is 5.65. The topological polar surface area (TPSA) is 75.4 Å². The van der Waals surface area contributed by atoms with E-state index in [2.05, 4.69) is 22.3 Å². The van der Waals surface area contributed by atoms with E-state index in [1.165, 1.54) is 50.9 Å². The first-order valence-corrected chi connectivity index (χ1v) is 9.41. The highest BCUT2D eigenvalue weighted by Crippen LogP contribution is 2.49. The second-order valence-electron chi connectivity index (χ2n) is 7.73.